The molecule has 0 amide bonds. The molecule has 0 aromatic heterocycles. The van der Waals surface area contributed by atoms with Crippen LogP contribution in [0.2, 0.25) is 0 Å². The lowest BCUT2D eigenvalue weighted by molar-refractivity contribution is 0.170. The van der Waals surface area contributed by atoms with Crippen LogP contribution >= 0.6 is 0 Å². The second kappa shape index (κ2) is 4.24. The molecule has 0 spiro atoms. The largest absolute Gasteiger partial charge is 0.388 e. The quantitative estimate of drug-likeness (QED) is 0.710. The van der Waals surface area contributed by atoms with Gasteiger partial charge in [-0.05, 0) is 25.5 Å². The molecule has 0 radical (unpaired) electrons. The van der Waals surface area contributed by atoms with Gasteiger partial charge in [0.1, 0.15) is 0 Å². The standard InChI is InChI=1S/C10H15NO/c1-8-3-2-4-9(7-8)10(12)5-6-11/h2-4,7,10,12H,5-6,11H2,1H3. The molecule has 0 aliphatic rings. The second-order valence-corrected chi connectivity index (χ2v) is 3.01. The highest BCUT2D eigenvalue weighted by molar-refractivity contribution is 5.23. The van der Waals surface area contributed by atoms with Crippen LogP contribution in [0.1, 0.15) is 23.7 Å². The van der Waals surface area contributed by atoms with Gasteiger partial charge >= 0.3 is 0 Å². The van der Waals surface area contributed by atoms with Gasteiger partial charge in [-0.25, -0.2) is 0 Å². The van der Waals surface area contributed by atoms with E-state index in [4.69, 9.17) is 5.73 Å². The Morgan fingerprint density at radius 3 is 2.83 bits per heavy atom. The number of hydrogen-bond acceptors (Lipinski definition) is 2. The van der Waals surface area contributed by atoms with Crippen molar-refractivity contribution in [1.29, 1.82) is 0 Å². The van der Waals surface area contributed by atoms with Crippen molar-refractivity contribution >= 4 is 0 Å². The minimum atomic E-state index is -0.408. The molecule has 0 fully saturated rings. The summed E-state index contributed by atoms with van der Waals surface area (Å²) >= 11 is 0. The van der Waals surface area contributed by atoms with E-state index < -0.39 is 6.10 Å². The zero-order valence-corrected chi connectivity index (χ0v) is 7.33. The van der Waals surface area contributed by atoms with Crippen molar-refractivity contribution in [3.05, 3.63) is 35.4 Å². The first-order chi connectivity index (χ1) is 5.74. The van der Waals surface area contributed by atoms with Crippen LogP contribution in [0.15, 0.2) is 24.3 Å². The fraction of sp³-hybridized carbons (Fsp3) is 0.400. The Balaban J connectivity index is 2.73. The van der Waals surface area contributed by atoms with Crippen LogP contribution in [0.4, 0.5) is 0 Å². The van der Waals surface area contributed by atoms with Crippen molar-refractivity contribution in [2.24, 2.45) is 5.73 Å². The zero-order valence-electron chi connectivity index (χ0n) is 7.33. The summed E-state index contributed by atoms with van der Waals surface area (Å²) in [4.78, 5) is 0. The van der Waals surface area contributed by atoms with Crippen molar-refractivity contribution in [3.8, 4) is 0 Å². The molecule has 3 N–H and O–H groups in total. The number of nitrogens with two attached hydrogens (primary N) is 1. The van der Waals surface area contributed by atoms with Gasteiger partial charge in [-0.1, -0.05) is 29.8 Å². The van der Waals surface area contributed by atoms with E-state index in [1.54, 1.807) is 0 Å². The minimum absolute atomic E-state index is 0.408. The van der Waals surface area contributed by atoms with Crippen LogP contribution < -0.4 is 5.73 Å². The Kier molecular flexibility index (Phi) is 3.26. The predicted octanol–water partition coefficient (Wildman–Crippen LogP) is 1.38. The zero-order chi connectivity index (χ0) is 8.97. The molecule has 12 heavy (non-hydrogen) atoms. The van der Waals surface area contributed by atoms with Crippen molar-refractivity contribution in [2.45, 2.75) is 19.4 Å². The van der Waals surface area contributed by atoms with Crippen molar-refractivity contribution < 1.29 is 5.11 Å². The third-order valence-corrected chi connectivity index (χ3v) is 1.87. The van der Waals surface area contributed by atoms with Crippen LogP contribution in [0.25, 0.3) is 0 Å². The van der Waals surface area contributed by atoms with Gasteiger partial charge in [0, 0.05) is 0 Å². The number of aryl methyl sites for hydroxylation is 1. The number of rotatable bonds is 3. The molecule has 2 heteroatoms. The highest BCUT2D eigenvalue weighted by Gasteiger charge is 2.04. The van der Waals surface area contributed by atoms with Gasteiger partial charge in [-0.3, -0.25) is 0 Å². The number of aliphatic hydroxyl groups is 1. The van der Waals surface area contributed by atoms with E-state index in [1.165, 1.54) is 5.56 Å². The lowest BCUT2D eigenvalue weighted by atomic mass is 10.0. The van der Waals surface area contributed by atoms with E-state index in [1.807, 2.05) is 31.2 Å². The van der Waals surface area contributed by atoms with Crippen LogP contribution in [-0.4, -0.2) is 11.7 Å². The number of aliphatic hydroxyl groups excluding tert-OH is 1. The fourth-order valence-electron chi connectivity index (χ4n) is 1.20. The summed E-state index contributed by atoms with van der Waals surface area (Å²) in [5, 5.41) is 9.56. The fourth-order valence-corrected chi connectivity index (χ4v) is 1.20. The van der Waals surface area contributed by atoms with Gasteiger partial charge in [0.15, 0.2) is 0 Å². The van der Waals surface area contributed by atoms with E-state index in [9.17, 15) is 5.11 Å². The predicted molar refractivity (Wildman–Crippen MR) is 49.8 cm³/mol. The Hall–Kier alpha value is -0.860. The SMILES string of the molecule is Cc1cccc(C(O)CCN)c1. The van der Waals surface area contributed by atoms with Gasteiger partial charge in [0.2, 0.25) is 0 Å². The summed E-state index contributed by atoms with van der Waals surface area (Å²) < 4.78 is 0. The lowest BCUT2D eigenvalue weighted by Crippen LogP contribution is -2.06. The molecule has 0 aliphatic heterocycles. The van der Waals surface area contributed by atoms with Crippen LogP contribution in [0.3, 0.4) is 0 Å². The van der Waals surface area contributed by atoms with Gasteiger partial charge < -0.3 is 10.8 Å². The molecule has 1 aromatic carbocycles. The molecule has 0 aliphatic carbocycles. The molecule has 0 heterocycles. The lowest BCUT2D eigenvalue weighted by Gasteiger charge is -2.09. The molecular formula is C10H15NO. The average molecular weight is 165 g/mol. The molecule has 1 unspecified atom stereocenters. The maximum absolute atomic E-state index is 9.56. The van der Waals surface area contributed by atoms with Gasteiger partial charge in [-0.15, -0.1) is 0 Å². The first kappa shape index (κ1) is 9.23. The molecule has 0 saturated carbocycles. The highest BCUT2D eigenvalue weighted by atomic mass is 16.3. The van der Waals surface area contributed by atoms with Gasteiger partial charge in [-0.2, -0.15) is 0 Å². The van der Waals surface area contributed by atoms with Gasteiger partial charge in [0.05, 0.1) is 6.10 Å². The summed E-state index contributed by atoms with van der Waals surface area (Å²) in [7, 11) is 0. The van der Waals surface area contributed by atoms with Gasteiger partial charge in [0.25, 0.3) is 0 Å². The molecule has 0 bridgehead atoms. The third kappa shape index (κ3) is 2.32. The number of benzene rings is 1. The van der Waals surface area contributed by atoms with E-state index in [2.05, 4.69) is 0 Å². The summed E-state index contributed by atoms with van der Waals surface area (Å²) in [6, 6.07) is 7.87. The summed E-state index contributed by atoms with van der Waals surface area (Å²) in [5.41, 5.74) is 7.47. The summed E-state index contributed by atoms with van der Waals surface area (Å²) in [5.74, 6) is 0. The highest BCUT2D eigenvalue weighted by Crippen LogP contribution is 2.16. The second-order valence-electron chi connectivity index (χ2n) is 3.01. The molecule has 2 nitrogen and oxygen atoms in total. The van der Waals surface area contributed by atoms with Crippen LogP contribution in [-0.2, 0) is 0 Å². The van der Waals surface area contributed by atoms with Crippen molar-refractivity contribution in [1.82, 2.24) is 0 Å². The van der Waals surface area contributed by atoms with Crippen LogP contribution in [0, 0.1) is 6.92 Å². The first-order valence-electron chi connectivity index (χ1n) is 4.18. The molecule has 0 saturated heterocycles. The minimum Gasteiger partial charge on any atom is -0.388 e. The molecular weight excluding hydrogens is 150 g/mol. The van der Waals surface area contributed by atoms with E-state index >= 15 is 0 Å². The van der Waals surface area contributed by atoms with Crippen molar-refractivity contribution in [2.75, 3.05) is 6.54 Å². The Morgan fingerprint density at radius 2 is 2.25 bits per heavy atom. The summed E-state index contributed by atoms with van der Waals surface area (Å²) in [6.45, 7) is 2.54. The number of hydrogen-bond donors (Lipinski definition) is 2. The van der Waals surface area contributed by atoms with Crippen LogP contribution in [0.5, 0.6) is 0 Å². The third-order valence-electron chi connectivity index (χ3n) is 1.87. The monoisotopic (exact) mass is 165 g/mol. The molecule has 1 atom stereocenters. The smallest absolute Gasteiger partial charge is 0.0802 e. The molecule has 1 rings (SSSR count). The normalized spacial score (nSPS) is 12.9. The maximum Gasteiger partial charge on any atom is 0.0802 e. The Bertz CT molecular complexity index is 247. The Morgan fingerprint density at radius 1 is 1.50 bits per heavy atom. The summed E-state index contributed by atoms with van der Waals surface area (Å²) in [6.07, 6.45) is 0.221. The Labute approximate surface area is 73.0 Å². The van der Waals surface area contributed by atoms with E-state index in [-0.39, 0.29) is 0 Å². The molecule has 66 valence electrons. The topological polar surface area (TPSA) is 46.2 Å². The average Bonchev–Trinajstić information content (AvgIpc) is 2.05. The van der Waals surface area contributed by atoms with E-state index in [0.29, 0.717) is 13.0 Å². The molecule has 1 aromatic rings. The van der Waals surface area contributed by atoms with Crippen molar-refractivity contribution in [3.63, 3.8) is 0 Å². The van der Waals surface area contributed by atoms with E-state index in [0.717, 1.165) is 5.56 Å². The maximum atomic E-state index is 9.56. The first-order valence-corrected chi connectivity index (χ1v) is 4.18.